The Morgan fingerprint density at radius 3 is 3.10 bits per heavy atom. The molecule has 1 N–H and O–H groups in total. The minimum Gasteiger partial charge on any atom is -0.379 e. The maximum atomic E-state index is 10.9. The maximum absolute atomic E-state index is 10.9. The van der Waals surface area contributed by atoms with Gasteiger partial charge in [-0.2, -0.15) is 0 Å². The molecule has 0 atom stereocenters. The summed E-state index contributed by atoms with van der Waals surface area (Å²) in [5, 5.41) is 16.1. The zero-order chi connectivity index (χ0) is 15.0. The molecule has 0 aliphatic carbocycles. The van der Waals surface area contributed by atoms with Crippen LogP contribution in [0.25, 0.3) is 4.96 Å². The molecule has 0 unspecified atom stereocenters. The third kappa shape index (κ3) is 2.64. The van der Waals surface area contributed by atoms with Gasteiger partial charge in [-0.15, -0.1) is 11.3 Å². The van der Waals surface area contributed by atoms with Crippen LogP contribution in [0.4, 0.5) is 11.4 Å². The number of thiazole rings is 1. The van der Waals surface area contributed by atoms with Crippen LogP contribution >= 0.6 is 27.3 Å². The van der Waals surface area contributed by atoms with E-state index in [1.807, 2.05) is 22.9 Å². The van der Waals surface area contributed by atoms with Crippen LogP contribution in [0.1, 0.15) is 11.4 Å². The summed E-state index contributed by atoms with van der Waals surface area (Å²) in [6.07, 6.45) is 1.97. The van der Waals surface area contributed by atoms with Crippen LogP contribution < -0.4 is 5.32 Å². The van der Waals surface area contributed by atoms with Gasteiger partial charge in [-0.1, -0.05) is 0 Å². The van der Waals surface area contributed by atoms with E-state index in [0.717, 1.165) is 16.3 Å². The van der Waals surface area contributed by atoms with E-state index in [4.69, 9.17) is 0 Å². The lowest BCUT2D eigenvalue weighted by Crippen LogP contribution is -2.04. The molecular weight excluding hydrogens is 356 g/mol. The van der Waals surface area contributed by atoms with Gasteiger partial charge in [-0.3, -0.25) is 14.5 Å². The molecule has 0 amide bonds. The van der Waals surface area contributed by atoms with Gasteiger partial charge >= 0.3 is 0 Å². The lowest BCUT2D eigenvalue weighted by atomic mass is 10.2. The van der Waals surface area contributed by atoms with Crippen molar-refractivity contribution in [2.24, 2.45) is 0 Å². The molecule has 0 saturated heterocycles. The van der Waals surface area contributed by atoms with Gasteiger partial charge in [0.1, 0.15) is 0 Å². The number of fused-ring (bicyclic) bond motifs is 1. The highest BCUT2D eigenvalue weighted by Crippen LogP contribution is 2.28. The van der Waals surface area contributed by atoms with Crippen molar-refractivity contribution >= 4 is 43.6 Å². The lowest BCUT2D eigenvalue weighted by molar-refractivity contribution is -0.385. The molecule has 3 rings (SSSR count). The number of imidazole rings is 1. The summed E-state index contributed by atoms with van der Waals surface area (Å²) in [6.45, 7) is 2.52. The van der Waals surface area contributed by atoms with E-state index in [2.05, 4.69) is 26.2 Å². The van der Waals surface area contributed by atoms with E-state index in [1.165, 1.54) is 6.07 Å². The van der Waals surface area contributed by atoms with Gasteiger partial charge < -0.3 is 5.32 Å². The lowest BCUT2D eigenvalue weighted by Gasteiger charge is -2.07. The molecule has 2 aromatic heterocycles. The number of halogens is 1. The predicted molar refractivity (Wildman–Crippen MR) is 85.9 cm³/mol. The van der Waals surface area contributed by atoms with Crippen LogP contribution in [0.15, 0.2) is 34.2 Å². The summed E-state index contributed by atoms with van der Waals surface area (Å²) in [7, 11) is 0. The summed E-state index contributed by atoms with van der Waals surface area (Å²) in [4.78, 5) is 16.0. The Labute approximate surface area is 132 Å². The highest BCUT2D eigenvalue weighted by molar-refractivity contribution is 9.10. The van der Waals surface area contributed by atoms with Crippen LogP contribution in [-0.4, -0.2) is 14.3 Å². The number of rotatable bonds is 4. The molecule has 0 spiro atoms. The van der Waals surface area contributed by atoms with Crippen molar-refractivity contribution < 1.29 is 4.92 Å². The Balaban J connectivity index is 1.85. The van der Waals surface area contributed by atoms with Crippen molar-refractivity contribution in [1.82, 2.24) is 9.38 Å². The number of hydrogen-bond donors (Lipinski definition) is 1. The first-order valence-corrected chi connectivity index (χ1v) is 7.82. The van der Waals surface area contributed by atoms with E-state index in [1.54, 1.807) is 23.5 Å². The Kier molecular flexibility index (Phi) is 3.64. The monoisotopic (exact) mass is 366 g/mol. The molecule has 2 heterocycles. The first-order valence-electron chi connectivity index (χ1n) is 6.15. The Hall–Kier alpha value is -1.93. The van der Waals surface area contributed by atoms with Crippen LogP contribution in [0.2, 0.25) is 0 Å². The normalized spacial score (nSPS) is 11.0. The topological polar surface area (TPSA) is 72.5 Å². The SMILES string of the molecule is Cc1nc2sccn2c1CNc1ccc(Br)c([N+](=O)[O-])c1. The van der Waals surface area contributed by atoms with Crippen molar-refractivity contribution in [3.8, 4) is 0 Å². The number of nitrogens with zero attached hydrogens (tertiary/aromatic N) is 3. The predicted octanol–water partition coefficient (Wildman–Crippen LogP) is 3.99. The minimum absolute atomic E-state index is 0.0469. The smallest absolute Gasteiger partial charge is 0.285 e. The number of aromatic nitrogens is 2. The summed E-state index contributed by atoms with van der Waals surface area (Å²) in [6, 6.07) is 4.99. The average Bonchev–Trinajstić information content (AvgIpc) is 2.98. The largest absolute Gasteiger partial charge is 0.379 e. The third-order valence-electron chi connectivity index (χ3n) is 3.16. The first kappa shape index (κ1) is 14.0. The third-order valence-corrected chi connectivity index (χ3v) is 4.59. The Morgan fingerprint density at radius 2 is 2.33 bits per heavy atom. The van der Waals surface area contributed by atoms with Gasteiger partial charge in [0.2, 0.25) is 0 Å². The molecule has 6 nitrogen and oxygen atoms in total. The Bertz CT molecular complexity index is 827. The number of aryl methyl sites for hydroxylation is 1. The number of nitro benzene ring substituents is 1. The number of benzene rings is 1. The fourth-order valence-electron chi connectivity index (χ4n) is 2.10. The van der Waals surface area contributed by atoms with Crippen molar-refractivity contribution in [2.75, 3.05) is 5.32 Å². The molecule has 108 valence electrons. The van der Waals surface area contributed by atoms with Crippen LogP contribution in [-0.2, 0) is 6.54 Å². The fourth-order valence-corrected chi connectivity index (χ4v) is 3.27. The van der Waals surface area contributed by atoms with Crippen molar-refractivity contribution in [1.29, 1.82) is 0 Å². The van der Waals surface area contributed by atoms with Gasteiger partial charge in [0, 0.05) is 23.3 Å². The average molecular weight is 367 g/mol. The molecule has 0 radical (unpaired) electrons. The molecule has 3 aromatic rings. The van der Waals surface area contributed by atoms with Crippen LogP contribution in [0, 0.1) is 17.0 Å². The standard InChI is InChI=1S/C13H11BrN4O2S/c1-8-12(17-4-5-21-13(17)16-8)7-15-9-2-3-10(14)11(6-9)18(19)20/h2-6,15H,7H2,1H3. The maximum Gasteiger partial charge on any atom is 0.285 e. The highest BCUT2D eigenvalue weighted by atomic mass is 79.9. The zero-order valence-electron chi connectivity index (χ0n) is 11.0. The number of nitro groups is 1. The molecule has 8 heteroatoms. The van der Waals surface area contributed by atoms with Crippen molar-refractivity contribution in [2.45, 2.75) is 13.5 Å². The van der Waals surface area contributed by atoms with Gasteiger partial charge in [-0.05, 0) is 35.0 Å². The van der Waals surface area contributed by atoms with E-state index in [0.29, 0.717) is 16.7 Å². The first-order chi connectivity index (χ1) is 10.1. The summed E-state index contributed by atoms with van der Waals surface area (Å²) < 4.78 is 2.50. The summed E-state index contributed by atoms with van der Waals surface area (Å²) >= 11 is 4.76. The van der Waals surface area contributed by atoms with Gasteiger partial charge in [-0.25, -0.2) is 4.98 Å². The molecule has 0 bridgehead atoms. The summed E-state index contributed by atoms with van der Waals surface area (Å²) in [5.74, 6) is 0. The van der Waals surface area contributed by atoms with Gasteiger partial charge in [0.15, 0.2) is 4.96 Å². The van der Waals surface area contributed by atoms with Crippen LogP contribution in [0.3, 0.4) is 0 Å². The summed E-state index contributed by atoms with van der Waals surface area (Å²) in [5.41, 5.74) is 2.76. The quantitative estimate of drug-likeness (QED) is 0.559. The zero-order valence-corrected chi connectivity index (χ0v) is 13.4. The molecule has 0 aliphatic heterocycles. The fraction of sp³-hybridized carbons (Fsp3) is 0.154. The van der Waals surface area contributed by atoms with E-state index in [9.17, 15) is 10.1 Å². The second-order valence-corrected chi connectivity index (χ2v) is 6.20. The van der Waals surface area contributed by atoms with Crippen molar-refractivity contribution in [3.63, 3.8) is 0 Å². The molecule has 1 aromatic carbocycles. The second kappa shape index (κ2) is 5.45. The molecular formula is C13H11BrN4O2S. The highest BCUT2D eigenvalue weighted by Gasteiger charge is 2.13. The second-order valence-electron chi connectivity index (χ2n) is 4.48. The molecule has 0 fully saturated rings. The van der Waals surface area contributed by atoms with Gasteiger partial charge in [0.05, 0.1) is 27.3 Å². The van der Waals surface area contributed by atoms with Crippen molar-refractivity contribution in [3.05, 3.63) is 55.8 Å². The minimum atomic E-state index is -0.406. The van der Waals surface area contributed by atoms with E-state index >= 15 is 0 Å². The van der Waals surface area contributed by atoms with E-state index < -0.39 is 4.92 Å². The van der Waals surface area contributed by atoms with Crippen LogP contribution in [0.5, 0.6) is 0 Å². The van der Waals surface area contributed by atoms with Gasteiger partial charge in [0.25, 0.3) is 5.69 Å². The number of nitrogens with one attached hydrogen (secondary N) is 1. The number of anilines is 1. The molecule has 0 aliphatic rings. The molecule has 0 saturated carbocycles. The number of hydrogen-bond acceptors (Lipinski definition) is 5. The van der Waals surface area contributed by atoms with E-state index in [-0.39, 0.29) is 5.69 Å². The Morgan fingerprint density at radius 1 is 1.52 bits per heavy atom. The molecule has 21 heavy (non-hydrogen) atoms.